The summed E-state index contributed by atoms with van der Waals surface area (Å²) in [6, 6.07) is 7.01. The van der Waals surface area contributed by atoms with Crippen LogP contribution in [0.1, 0.15) is 46.6 Å². The predicted molar refractivity (Wildman–Crippen MR) is 145 cm³/mol. The second-order valence-corrected chi connectivity index (χ2v) is 11.0. The van der Waals surface area contributed by atoms with Crippen LogP contribution < -0.4 is 11.1 Å². The molecule has 1 heterocycles. The van der Waals surface area contributed by atoms with E-state index in [0.717, 1.165) is 59.1 Å². The van der Waals surface area contributed by atoms with Gasteiger partial charge in [0.1, 0.15) is 18.8 Å². The SMILES string of the molecule is COC(=O)[C@]1(Sc2ccc(C)cc2)C[C@H](OC(C)=O)[C@](N)(NC(C)=O)[C@H]([C@H](OC(C)=O)[C@@H](COC(C)=O)OC(C)=O)O1. The van der Waals surface area contributed by atoms with E-state index in [9.17, 15) is 28.8 Å². The van der Waals surface area contributed by atoms with Crippen LogP contribution >= 0.6 is 11.8 Å². The Hall–Kier alpha value is -3.69. The number of rotatable bonds is 11. The summed E-state index contributed by atoms with van der Waals surface area (Å²) < 4.78 is 32.9. The molecule has 1 saturated heterocycles. The fourth-order valence-corrected chi connectivity index (χ4v) is 5.61. The standard InChI is InChI=1S/C27H36N2O12S/c1-14-8-10-20(11-9-14)42-26(25(35)36-7)12-22(39-18(5)33)27(28,29-15(2)30)24(41-26)23(40-19(6)34)21(38-17(4)32)13-37-16(3)31/h8-11,21-24H,12-13,28H2,1-7H3,(H,29,30)/t21-,22+,23-,24+,26-,27+/m1/s1. The summed E-state index contributed by atoms with van der Waals surface area (Å²) in [6.45, 7) is 6.67. The maximum Gasteiger partial charge on any atom is 0.349 e. The maximum absolute atomic E-state index is 13.5. The number of esters is 5. The Bertz CT molecular complexity index is 1190. The number of nitrogens with one attached hydrogen (secondary N) is 1. The number of carbonyl (C=O) groups excluding carboxylic acids is 6. The largest absolute Gasteiger partial charge is 0.466 e. The third-order valence-electron chi connectivity index (χ3n) is 6.01. The van der Waals surface area contributed by atoms with Crippen LogP contribution in [0.2, 0.25) is 0 Å². The van der Waals surface area contributed by atoms with Crippen LogP contribution in [-0.4, -0.2) is 84.5 Å². The average Bonchev–Trinajstić information content (AvgIpc) is 2.87. The highest BCUT2D eigenvalue weighted by atomic mass is 32.2. The van der Waals surface area contributed by atoms with Crippen LogP contribution in [0, 0.1) is 6.92 Å². The lowest BCUT2D eigenvalue weighted by molar-refractivity contribution is -0.241. The van der Waals surface area contributed by atoms with Crippen LogP contribution in [0.15, 0.2) is 29.2 Å². The monoisotopic (exact) mass is 612 g/mol. The van der Waals surface area contributed by atoms with E-state index in [-0.39, 0.29) is 0 Å². The summed E-state index contributed by atoms with van der Waals surface area (Å²) in [5.74, 6) is -4.96. The van der Waals surface area contributed by atoms with E-state index in [1.165, 1.54) is 0 Å². The lowest BCUT2D eigenvalue weighted by atomic mass is 9.83. The molecular formula is C27H36N2O12S. The van der Waals surface area contributed by atoms with E-state index in [2.05, 4.69) is 5.32 Å². The van der Waals surface area contributed by atoms with Crippen molar-refractivity contribution in [3.63, 3.8) is 0 Å². The van der Waals surface area contributed by atoms with Gasteiger partial charge in [0.2, 0.25) is 10.8 Å². The van der Waals surface area contributed by atoms with Gasteiger partial charge in [0.05, 0.1) is 7.11 Å². The number of methoxy groups -OCH3 is 1. The number of amides is 1. The summed E-state index contributed by atoms with van der Waals surface area (Å²) in [5, 5.41) is 2.49. The van der Waals surface area contributed by atoms with Crippen molar-refractivity contribution in [1.82, 2.24) is 5.32 Å². The number of hydrogen-bond donors (Lipinski definition) is 2. The molecule has 232 valence electrons. The van der Waals surface area contributed by atoms with Crippen molar-refractivity contribution in [2.24, 2.45) is 5.73 Å². The van der Waals surface area contributed by atoms with Gasteiger partial charge in [-0.2, -0.15) is 0 Å². The Morgan fingerprint density at radius 1 is 0.976 bits per heavy atom. The first-order chi connectivity index (χ1) is 19.5. The van der Waals surface area contributed by atoms with Gasteiger partial charge in [0, 0.05) is 45.9 Å². The number of ether oxygens (including phenoxy) is 6. The molecule has 1 fully saturated rings. The molecule has 2 rings (SSSR count). The van der Waals surface area contributed by atoms with Crippen LogP contribution in [0.25, 0.3) is 0 Å². The Morgan fingerprint density at radius 3 is 2.05 bits per heavy atom. The number of nitrogens with two attached hydrogens (primary N) is 1. The molecule has 42 heavy (non-hydrogen) atoms. The zero-order valence-corrected chi connectivity index (χ0v) is 25.2. The second kappa shape index (κ2) is 14.5. The fourth-order valence-electron chi connectivity index (χ4n) is 4.41. The number of carbonyl (C=O) groups is 6. The van der Waals surface area contributed by atoms with Gasteiger partial charge in [0.15, 0.2) is 17.9 Å². The summed E-state index contributed by atoms with van der Waals surface area (Å²) >= 11 is 0.898. The first kappa shape index (κ1) is 34.5. The molecule has 14 nitrogen and oxygen atoms in total. The normalized spacial score (nSPS) is 24.8. The smallest absolute Gasteiger partial charge is 0.349 e. The topological polar surface area (TPSA) is 196 Å². The molecule has 1 amide bonds. The second-order valence-electron chi connectivity index (χ2n) is 9.64. The fraction of sp³-hybridized carbons (Fsp3) is 0.556. The van der Waals surface area contributed by atoms with Crippen LogP contribution in [-0.2, 0) is 57.2 Å². The van der Waals surface area contributed by atoms with Crippen LogP contribution in [0.3, 0.4) is 0 Å². The minimum atomic E-state index is -2.18. The summed E-state index contributed by atoms with van der Waals surface area (Å²) in [6.07, 6.45) is -6.95. The lowest BCUT2D eigenvalue weighted by Crippen LogP contribution is -2.79. The number of thioether (sulfide) groups is 1. The van der Waals surface area contributed by atoms with E-state index in [1.807, 2.05) is 6.92 Å². The van der Waals surface area contributed by atoms with E-state index >= 15 is 0 Å². The number of benzene rings is 1. The van der Waals surface area contributed by atoms with Gasteiger partial charge >= 0.3 is 29.8 Å². The van der Waals surface area contributed by atoms with E-state index in [4.69, 9.17) is 34.2 Å². The van der Waals surface area contributed by atoms with Crippen molar-refractivity contribution in [3.8, 4) is 0 Å². The van der Waals surface area contributed by atoms with Crippen molar-refractivity contribution < 1.29 is 57.2 Å². The highest BCUT2D eigenvalue weighted by molar-refractivity contribution is 8.01. The molecule has 0 aromatic heterocycles. The molecule has 6 atom stereocenters. The number of hydrogen-bond acceptors (Lipinski definition) is 14. The molecule has 15 heteroatoms. The summed E-state index contributed by atoms with van der Waals surface area (Å²) in [4.78, 5) is 72.8. The van der Waals surface area contributed by atoms with Gasteiger partial charge in [-0.3, -0.25) is 24.0 Å². The van der Waals surface area contributed by atoms with Gasteiger partial charge in [-0.25, -0.2) is 4.79 Å². The third-order valence-corrected chi connectivity index (χ3v) is 7.28. The Labute approximate surface area is 247 Å². The molecule has 1 aromatic carbocycles. The molecule has 0 unspecified atom stereocenters. The zero-order chi connectivity index (χ0) is 31.8. The minimum absolute atomic E-state index is 0.431. The molecule has 1 aliphatic rings. The van der Waals surface area contributed by atoms with Crippen molar-refractivity contribution in [3.05, 3.63) is 29.8 Å². The molecule has 1 aromatic rings. The van der Waals surface area contributed by atoms with Crippen molar-refractivity contribution in [2.45, 2.75) is 87.9 Å². The van der Waals surface area contributed by atoms with Crippen molar-refractivity contribution in [2.75, 3.05) is 13.7 Å². The molecule has 1 aliphatic heterocycles. The Kier molecular flexibility index (Phi) is 11.9. The quantitative estimate of drug-likeness (QED) is 0.203. The van der Waals surface area contributed by atoms with Crippen LogP contribution in [0.5, 0.6) is 0 Å². The highest BCUT2D eigenvalue weighted by Gasteiger charge is 2.64. The van der Waals surface area contributed by atoms with E-state index < -0.39 is 83.8 Å². The first-order valence-electron chi connectivity index (χ1n) is 12.8. The first-order valence-corrected chi connectivity index (χ1v) is 13.6. The van der Waals surface area contributed by atoms with Gasteiger partial charge in [-0.1, -0.05) is 29.5 Å². The van der Waals surface area contributed by atoms with Gasteiger partial charge in [-0.05, 0) is 19.1 Å². The molecular weight excluding hydrogens is 576 g/mol. The molecule has 3 N–H and O–H groups in total. The summed E-state index contributed by atoms with van der Waals surface area (Å²) in [7, 11) is 1.11. The van der Waals surface area contributed by atoms with Crippen LogP contribution in [0.4, 0.5) is 0 Å². The van der Waals surface area contributed by atoms with E-state index in [1.54, 1.807) is 24.3 Å². The molecule has 0 saturated carbocycles. The van der Waals surface area contributed by atoms with Gasteiger partial charge < -0.3 is 39.5 Å². The highest BCUT2D eigenvalue weighted by Crippen LogP contribution is 2.47. The molecule has 0 bridgehead atoms. The Morgan fingerprint density at radius 2 is 1.57 bits per heavy atom. The molecule has 0 spiro atoms. The maximum atomic E-state index is 13.5. The molecule has 0 aliphatic carbocycles. The Balaban J connectivity index is 2.85. The van der Waals surface area contributed by atoms with Crippen molar-refractivity contribution >= 4 is 47.5 Å². The number of aryl methyl sites for hydroxylation is 1. The lowest BCUT2D eigenvalue weighted by Gasteiger charge is -2.53. The van der Waals surface area contributed by atoms with Gasteiger partial charge in [0.25, 0.3) is 0 Å². The minimum Gasteiger partial charge on any atom is -0.466 e. The third kappa shape index (κ3) is 8.90. The summed E-state index contributed by atoms with van der Waals surface area (Å²) in [5.41, 5.74) is 5.49. The zero-order valence-electron chi connectivity index (χ0n) is 24.4. The van der Waals surface area contributed by atoms with E-state index in [0.29, 0.717) is 4.90 Å². The van der Waals surface area contributed by atoms with Crippen molar-refractivity contribution in [1.29, 1.82) is 0 Å². The average molecular weight is 613 g/mol. The van der Waals surface area contributed by atoms with Gasteiger partial charge in [-0.15, -0.1) is 0 Å². The predicted octanol–water partition coefficient (Wildman–Crippen LogP) is 0.895. The molecule has 0 radical (unpaired) electrons.